The second kappa shape index (κ2) is 9.01. The normalized spacial score (nSPS) is 12.6. The lowest BCUT2D eigenvalue weighted by Gasteiger charge is -2.16. The van der Waals surface area contributed by atoms with Crippen LogP contribution in [0, 0.1) is 6.92 Å². The first-order valence-electron chi connectivity index (χ1n) is 9.98. The molecule has 2 N–H and O–H groups in total. The summed E-state index contributed by atoms with van der Waals surface area (Å²) < 4.78 is 29.0. The molecule has 0 bridgehead atoms. The third kappa shape index (κ3) is 4.46. The van der Waals surface area contributed by atoms with Crippen molar-refractivity contribution in [1.82, 2.24) is 13.7 Å². The van der Waals surface area contributed by atoms with E-state index >= 15 is 0 Å². The van der Waals surface area contributed by atoms with Crippen LogP contribution in [0.15, 0.2) is 64.3 Å². The van der Waals surface area contributed by atoms with Crippen LogP contribution in [0.1, 0.15) is 12.6 Å². The van der Waals surface area contributed by atoms with E-state index in [-0.39, 0.29) is 10.5 Å². The number of nitrogens with one attached hydrogen (secondary N) is 2. The maximum absolute atomic E-state index is 13.0. The van der Waals surface area contributed by atoms with Crippen LogP contribution in [-0.4, -0.2) is 48.1 Å². The van der Waals surface area contributed by atoms with E-state index in [1.165, 1.54) is 30.9 Å². The molecule has 0 saturated carbocycles. The van der Waals surface area contributed by atoms with Crippen LogP contribution >= 0.6 is 0 Å². The fraction of sp³-hybridized carbons (Fsp3) is 0.273. The minimum Gasteiger partial charge on any atom is -0.368 e. The number of para-hydroxylation sites is 1. The van der Waals surface area contributed by atoms with Crippen molar-refractivity contribution in [3.63, 3.8) is 0 Å². The van der Waals surface area contributed by atoms with Crippen LogP contribution in [0.2, 0.25) is 0 Å². The number of carbonyl (C=O) groups is 1. The standard InChI is InChI=1S/C22H27N5O4S/c1-15(21(28)24-17-10-9-13-19(14-17)32(30,31)25(3)4)23-20-16(2)26(5)27(22(20)29)18-11-7-6-8-12-18/h6-15,23H,1-5H3,(H,24,28). The van der Waals surface area contributed by atoms with Crippen molar-refractivity contribution in [2.45, 2.75) is 24.8 Å². The molecule has 3 rings (SSSR count). The Morgan fingerprint density at radius 3 is 2.34 bits per heavy atom. The van der Waals surface area contributed by atoms with Crippen molar-refractivity contribution in [1.29, 1.82) is 0 Å². The van der Waals surface area contributed by atoms with Crippen molar-refractivity contribution in [3.05, 3.63) is 70.6 Å². The van der Waals surface area contributed by atoms with Crippen LogP contribution in [0.4, 0.5) is 11.4 Å². The predicted molar refractivity (Wildman–Crippen MR) is 125 cm³/mol. The van der Waals surface area contributed by atoms with E-state index in [1.54, 1.807) is 37.7 Å². The zero-order chi connectivity index (χ0) is 23.6. The molecular weight excluding hydrogens is 430 g/mol. The summed E-state index contributed by atoms with van der Waals surface area (Å²) in [5.74, 6) is -0.404. The molecule has 1 aromatic heterocycles. The van der Waals surface area contributed by atoms with Gasteiger partial charge < -0.3 is 10.6 Å². The largest absolute Gasteiger partial charge is 0.368 e. The van der Waals surface area contributed by atoms with Gasteiger partial charge in [0.25, 0.3) is 5.56 Å². The summed E-state index contributed by atoms with van der Waals surface area (Å²) in [7, 11) is 1.03. The van der Waals surface area contributed by atoms with E-state index in [0.717, 1.165) is 4.31 Å². The first-order chi connectivity index (χ1) is 15.0. The smallest absolute Gasteiger partial charge is 0.295 e. The maximum atomic E-state index is 13.0. The molecule has 2 aromatic carbocycles. The van der Waals surface area contributed by atoms with Crippen LogP contribution in [-0.2, 0) is 21.9 Å². The minimum atomic E-state index is -3.62. The summed E-state index contributed by atoms with van der Waals surface area (Å²) in [6, 6.07) is 14.5. The highest BCUT2D eigenvalue weighted by molar-refractivity contribution is 7.89. The molecule has 0 aliphatic carbocycles. The van der Waals surface area contributed by atoms with Crippen molar-refractivity contribution < 1.29 is 13.2 Å². The van der Waals surface area contributed by atoms with Crippen molar-refractivity contribution in [3.8, 4) is 5.69 Å². The Morgan fingerprint density at radius 2 is 1.72 bits per heavy atom. The van der Waals surface area contributed by atoms with Gasteiger partial charge in [-0.25, -0.2) is 17.4 Å². The van der Waals surface area contributed by atoms with Gasteiger partial charge in [-0.3, -0.25) is 14.3 Å². The first kappa shape index (κ1) is 23.3. The lowest BCUT2D eigenvalue weighted by Crippen LogP contribution is -2.34. The van der Waals surface area contributed by atoms with Gasteiger partial charge in [-0.2, -0.15) is 0 Å². The molecule has 1 heterocycles. The monoisotopic (exact) mass is 457 g/mol. The Kier molecular flexibility index (Phi) is 6.56. The number of hydrogen-bond acceptors (Lipinski definition) is 5. The number of amides is 1. The molecular formula is C22H27N5O4S. The Hall–Kier alpha value is -3.37. The Morgan fingerprint density at radius 1 is 1.06 bits per heavy atom. The van der Waals surface area contributed by atoms with E-state index in [9.17, 15) is 18.0 Å². The zero-order valence-electron chi connectivity index (χ0n) is 18.7. The average Bonchev–Trinajstić information content (AvgIpc) is 2.97. The lowest BCUT2D eigenvalue weighted by atomic mass is 10.2. The predicted octanol–water partition coefficient (Wildman–Crippen LogP) is 2.17. The summed E-state index contributed by atoms with van der Waals surface area (Å²) in [4.78, 5) is 25.8. The highest BCUT2D eigenvalue weighted by Gasteiger charge is 2.22. The molecule has 0 spiro atoms. The maximum Gasteiger partial charge on any atom is 0.295 e. The second-order valence-electron chi connectivity index (χ2n) is 7.61. The van der Waals surface area contributed by atoms with Crippen LogP contribution in [0.5, 0.6) is 0 Å². The lowest BCUT2D eigenvalue weighted by molar-refractivity contribution is -0.116. The van der Waals surface area contributed by atoms with E-state index in [0.29, 0.717) is 22.8 Å². The molecule has 9 nitrogen and oxygen atoms in total. The Labute approximate surface area is 187 Å². The van der Waals surface area contributed by atoms with Crippen LogP contribution in [0.25, 0.3) is 5.69 Å². The van der Waals surface area contributed by atoms with Gasteiger partial charge in [0.05, 0.1) is 16.3 Å². The Balaban J connectivity index is 1.81. The fourth-order valence-corrected chi connectivity index (χ4v) is 4.16. The Bertz CT molecular complexity index is 1290. The van der Waals surface area contributed by atoms with Crippen molar-refractivity contribution in [2.75, 3.05) is 24.7 Å². The number of sulfonamides is 1. The summed E-state index contributed by atoms with van der Waals surface area (Å²) in [5.41, 5.74) is 1.79. The molecule has 0 saturated heterocycles. The fourth-order valence-electron chi connectivity index (χ4n) is 3.21. The third-order valence-corrected chi connectivity index (χ3v) is 7.00. The molecule has 1 amide bonds. The van der Waals surface area contributed by atoms with Gasteiger partial charge in [0.2, 0.25) is 15.9 Å². The number of hydrogen-bond donors (Lipinski definition) is 2. The van der Waals surface area contributed by atoms with Gasteiger partial charge in [-0.15, -0.1) is 0 Å². The van der Waals surface area contributed by atoms with Crippen LogP contribution < -0.4 is 16.2 Å². The average molecular weight is 458 g/mol. The van der Waals surface area contributed by atoms with Crippen molar-refractivity contribution >= 4 is 27.3 Å². The second-order valence-corrected chi connectivity index (χ2v) is 9.76. The van der Waals surface area contributed by atoms with Crippen molar-refractivity contribution in [2.24, 2.45) is 7.05 Å². The van der Waals surface area contributed by atoms with E-state index in [2.05, 4.69) is 10.6 Å². The molecule has 0 aliphatic rings. The number of aromatic nitrogens is 2. The summed E-state index contributed by atoms with van der Waals surface area (Å²) in [6.45, 7) is 3.43. The third-order valence-electron chi connectivity index (χ3n) is 5.19. The van der Waals surface area contributed by atoms with Gasteiger partial charge >= 0.3 is 0 Å². The van der Waals surface area contributed by atoms with Gasteiger partial charge in [0.1, 0.15) is 11.7 Å². The molecule has 0 fully saturated rings. The highest BCUT2D eigenvalue weighted by Crippen LogP contribution is 2.19. The number of rotatable bonds is 7. The number of benzene rings is 2. The minimum absolute atomic E-state index is 0.0746. The molecule has 1 atom stereocenters. The molecule has 1 unspecified atom stereocenters. The molecule has 32 heavy (non-hydrogen) atoms. The van der Waals surface area contributed by atoms with E-state index in [1.807, 2.05) is 30.3 Å². The van der Waals surface area contributed by atoms with E-state index in [4.69, 9.17) is 0 Å². The summed E-state index contributed by atoms with van der Waals surface area (Å²) in [6.07, 6.45) is 0. The number of carbonyl (C=O) groups excluding carboxylic acids is 1. The highest BCUT2D eigenvalue weighted by atomic mass is 32.2. The van der Waals surface area contributed by atoms with Gasteiger partial charge in [0.15, 0.2) is 0 Å². The number of nitrogens with zero attached hydrogens (tertiary/aromatic N) is 3. The van der Waals surface area contributed by atoms with Gasteiger partial charge in [-0.1, -0.05) is 24.3 Å². The molecule has 0 radical (unpaired) electrons. The first-order valence-corrected chi connectivity index (χ1v) is 11.4. The number of anilines is 2. The quantitative estimate of drug-likeness (QED) is 0.566. The zero-order valence-corrected chi connectivity index (χ0v) is 19.5. The van der Waals surface area contributed by atoms with Gasteiger partial charge in [0, 0.05) is 26.8 Å². The summed E-state index contributed by atoms with van der Waals surface area (Å²) >= 11 is 0. The molecule has 170 valence electrons. The molecule has 3 aromatic rings. The summed E-state index contributed by atoms with van der Waals surface area (Å²) in [5, 5.41) is 5.71. The van der Waals surface area contributed by atoms with Crippen LogP contribution in [0.3, 0.4) is 0 Å². The van der Waals surface area contributed by atoms with Gasteiger partial charge in [-0.05, 0) is 44.2 Å². The molecule has 10 heteroatoms. The SMILES string of the molecule is Cc1c(NC(C)C(=O)Nc2cccc(S(=O)(=O)N(C)C)c2)c(=O)n(-c2ccccc2)n1C. The topological polar surface area (TPSA) is 105 Å². The molecule has 0 aliphatic heterocycles. The van der Waals surface area contributed by atoms with E-state index < -0.39 is 22.0 Å².